The largest absolute Gasteiger partial charge is 0.295 e. The Balaban J connectivity index is 2.45. The quantitative estimate of drug-likeness (QED) is 0.623. The molecule has 1 unspecified atom stereocenters. The Bertz CT molecular complexity index is 225. The molecule has 0 aromatic heterocycles. The minimum Gasteiger partial charge on any atom is -0.295 e. The van der Waals surface area contributed by atoms with Crippen LogP contribution in [0.5, 0.6) is 0 Å². The molecular weight excluding hydrogens is 172 g/mol. The maximum atomic E-state index is 11.6. The van der Waals surface area contributed by atoms with Crippen LogP contribution in [0.15, 0.2) is 12.2 Å². The van der Waals surface area contributed by atoms with E-state index in [2.05, 4.69) is 26.8 Å². The fourth-order valence-electron chi connectivity index (χ4n) is 2.13. The van der Waals surface area contributed by atoms with Crippen LogP contribution in [-0.2, 0) is 4.79 Å². The van der Waals surface area contributed by atoms with Crippen molar-refractivity contribution in [3.63, 3.8) is 0 Å². The van der Waals surface area contributed by atoms with Crippen molar-refractivity contribution >= 4 is 5.78 Å². The molecule has 14 heavy (non-hydrogen) atoms. The molecule has 0 aliphatic heterocycles. The smallest absolute Gasteiger partial charge is 0.158 e. The highest BCUT2D eigenvalue weighted by molar-refractivity contribution is 5.92. The highest BCUT2D eigenvalue weighted by Crippen LogP contribution is 2.34. The fraction of sp³-hybridized carbons (Fsp3) is 0.769. The highest BCUT2D eigenvalue weighted by atomic mass is 16.1. The van der Waals surface area contributed by atoms with Crippen molar-refractivity contribution in [1.82, 2.24) is 0 Å². The molecular formula is C13H22O. The minimum atomic E-state index is 0.227. The first kappa shape index (κ1) is 11.5. The Morgan fingerprint density at radius 2 is 2.14 bits per heavy atom. The van der Waals surface area contributed by atoms with E-state index in [1.165, 1.54) is 19.3 Å². The van der Waals surface area contributed by atoms with E-state index in [1.54, 1.807) is 6.08 Å². The molecule has 0 saturated heterocycles. The van der Waals surface area contributed by atoms with Gasteiger partial charge in [-0.3, -0.25) is 4.79 Å². The molecule has 0 bridgehead atoms. The predicted octanol–water partition coefficient (Wildman–Crippen LogP) is 3.74. The summed E-state index contributed by atoms with van der Waals surface area (Å²) in [4.78, 5) is 11.6. The van der Waals surface area contributed by atoms with Crippen molar-refractivity contribution in [2.24, 2.45) is 11.3 Å². The number of hydrogen-bond acceptors (Lipinski definition) is 1. The molecule has 1 aliphatic carbocycles. The molecule has 1 nitrogen and oxygen atoms in total. The van der Waals surface area contributed by atoms with Crippen molar-refractivity contribution in [3.8, 4) is 0 Å². The summed E-state index contributed by atoms with van der Waals surface area (Å²) in [5.41, 5.74) is 0.227. The Morgan fingerprint density at radius 3 is 2.79 bits per heavy atom. The third-order valence-electron chi connectivity index (χ3n) is 3.03. The normalized spacial score (nSPS) is 25.4. The lowest BCUT2D eigenvalue weighted by Crippen LogP contribution is -2.25. The number of hydrogen-bond donors (Lipinski definition) is 0. The molecule has 0 radical (unpaired) electrons. The number of unbranched alkanes of at least 4 members (excludes halogenated alkanes) is 2. The Labute approximate surface area is 87.6 Å². The molecule has 0 saturated carbocycles. The zero-order chi connectivity index (χ0) is 10.6. The molecule has 0 aromatic carbocycles. The molecule has 1 aliphatic rings. The van der Waals surface area contributed by atoms with E-state index < -0.39 is 0 Å². The van der Waals surface area contributed by atoms with Crippen LogP contribution in [0.3, 0.4) is 0 Å². The van der Waals surface area contributed by atoms with Crippen molar-refractivity contribution in [2.45, 2.75) is 52.9 Å². The van der Waals surface area contributed by atoms with Crippen LogP contribution < -0.4 is 0 Å². The van der Waals surface area contributed by atoms with Gasteiger partial charge in [0.25, 0.3) is 0 Å². The van der Waals surface area contributed by atoms with Crippen molar-refractivity contribution in [1.29, 1.82) is 0 Å². The van der Waals surface area contributed by atoms with Crippen LogP contribution in [0, 0.1) is 11.3 Å². The van der Waals surface area contributed by atoms with Gasteiger partial charge in [0.1, 0.15) is 0 Å². The molecule has 0 aromatic rings. The van der Waals surface area contributed by atoms with Gasteiger partial charge in [0.05, 0.1) is 0 Å². The van der Waals surface area contributed by atoms with E-state index in [1.807, 2.05) is 0 Å². The Morgan fingerprint density at radius 1 is 1.43 bits per heavy atom. The maximum absolute atomic E-state index is 11.6. The van der Waals surface area contributed by atoms with Crippen molar-refractivity contribution in [2.75, 3.05) is 0 Å². The molecule has 80 valence electrons. The van der Waals surface area contributed by atoms with Crippen LogP contribution in [0.1, 0.15) is 52.9 Å². The number of ketones is 1. The lowest BCUT2D eigenvalue weighted by atomic mass is 9.75. The summed E-state index contributed by atoms with van der Waals surface area (Å²) < 4.78 is 0. The van der Waals surface area contributed by atoms with Crippen LogP contribution >= 0.6 is 0 Å². The van der Waals surface area contributed by atoms with E-state index in [0.29, 0.717) is 11.7 Å². The second-order valence-corrected chi connectivity index (χ2v) is 5.12. The molecule has 1 rings (SSSR count). The second-order valence-electron chi connectivity index (χ2n) is 5.12. The van der Waals surface area contributed by atoms with Gasteiger partial charge in [-0.25, -0.2) is 0 Å². The Kier molecular flexibility index (Phi) is 3.91. The van der Waals surface area contributed by atoms with Gasteiger partial charge in [0.15, 0.2) is 5.78 Å². The second kappa shape index (κ2) is 4.77. The van der Waals surface area contributed by atoms with E-state index in [9.17, 15) is 4.79 Å². The third-order valence-corrected chi connectivity index (χ3v) is 3.03. The van der Waals surface area contributed by atoms with Gasteiger partial charge < -0.3 is 0 Å². The van der Waals surface area contributed by atoms with E-state index in [0.717, 1.165) is 12.8 Å². The molecule has 0 heterocycles. The fourth-order valence-corrected chi connectivity index (χ4v) is 2.13. The van der Waals surface area contributed by atoms with Crippen LogP contribution in [0.25, 0.3) is 0 Å². The first-order valence-electron chi connectivity index (χ1n) is 5.78. The van der Waals surface area contributed by atoms with Crippen LogP contribution in [-0.4, -0.2) is 5.78 Å². The van der Waals surface area contributed by atoms with Crippen LogP contribution in [0.2, 0.25) is 0 Å². The molecule has 0 spiro atoms. The lowest BCUT2D eigenvalue weighted by Gasteiger charge is -2.29. The monoisotopic (exact) mass is 194 g/mol. The number of carbonyl (C=O) groups is 1. The Hall–Kier alpha value is -0.590. The average Bonchev–Trinajstić information content (AvgIpc) is 2.11. The first-order chi connectivity index (χ1) is 6.55. The van der Waals surface area contributed by atoms with E-state index >= 15 is 0 Å². The highest BCUT2D eigenvalue weighted by Gasteiger charge is 2.28. The molecule has 0 fully saturated rings. The van der Waals surface area contributed by atoms with Crippen molar-refractivity contribution in [3.05, 3.63) is 12.2 Å². The van der Waals surface area contributed by atoms with Gasteiger partial charge in [-0.05, 0) is 24.3 Å². The zero-order valence-corrected chi connectivity index (χ0v) is 9.68. The standard InChI is InChI=1S/C13H22O/c1-4-5-6-7-11-10-13(2,3)9-8-12(11)14/h8-9,11H,4-7,10H2,1-3H3. The van der Waals surface area contributed by atoms with Gasteiger partial charge in [-0.1, -0.05) is 46.1 Å². The third kappa shape index (κ3) is 3.28. The summed E-state index contributed by atoms with van der Waals surface area (Å²) >= 11 is 0. The summed E-state index contributed by atoms with van der Waals surface area (Å²) in [6, 6.07) is 0. The predicted molar refractivity (Wildman–Crippen MR) is 60.2 cm³/mol. The number of allylic oxidation sites excluding steroid dienone is 2. The van der Waals surface area contributed by atoms with Gasteiger partial charge in [-0.15, -0.1) is 0 Å². The lowest BCUT2D eigenvalue weighted by molar-refractivity contribution is -0.119. The first-order valence-corrected chi connectivity index (χ1v) is 5.78. The minimum absolute atomic E-state index is 0.227. The van der Waals surface area contributed by atoms with Gasteiger partial charge >= 0.3 is 0 Å². The van der Waals surface area contributed by atoms with Gasteiger partial charge in [0.2, 0.25) is 0 Å². The average molecular weight is 194 g/mol. The van der Waals surface area contributed by atoms with Gasteiger partial charge in [0, 0.05) is 5.92 Å². The summed E-state index contributed by atoms with van der Waals surface area (Å²) in [5, 5.41) is 0. The topological polar surface area (TPSA) is 17.1 Å². The van der Waals surface area contributed by atoms with Crippen molar-refractivity contribution < 1.29 is 4.79 Å². The molecule has 0 amide bonds. The zero-order valence-electron chi connectivity index (χ0n) is 9.68. The molecule has 0 N–H and O–H groups in total. The van der Waals surface area contributed by atoms with Gasteiger partial charge in [-0.2, -0.15) is 0 Å². The molecule has 1 heteroatoms. The summed E-state index contributed by atoms with van der Waals surface area (Å²) in [6.07, 6.45) is 9.67. The summed E-state index contributed by atoms with van der Waals surface area (Å²) in [6.45, 7) is 6.62. The van der Waals surface area contributed by atoms with E-state index in [-0.39, 0.29) is 5.41 Å². The van der Waals surface area contributed by atoms with Crippen LogP contribution in [0.4, 0.5) is 0 Å². The summed E-state index contributed by atoms with van der Waals surface area (Å²) in [5.74, 6) is 0.641. The van der Waals surface area contributed by atoms with E-state index in [4.69, 9.17) is 0 Å². The summed E-state index contributed by atoms with van der Waals surface area (Å²) in [7, 11) is 0. The number of carbonyl (C=O) groups excluding carboxylic acids is 1. The number of rotatable bonds is 4. The molecule has 1 atom stereocenters. The SMILES string of the molecule is CCCCCC1CC(C)(C)C=CC1=O. The maximum Gasteiger partial charge on any atom is 0.158 e.